The Kier molecular flexibility index (Phi) is 1.94. The lowest BCUT2D eigenvalue weighted by molar-refractivity contribution is 0.403. The molecule has 2 aliphatic carbocycles. The van der Waals surface area contributed by atoms with Crippen LogP contribution in [0.5, 0.6) is 0 Å². The molecule has 2 aliphatic rings. The van der Waals surface area contributed by atoms with Gasteiger partial charge in [0.15, 0.2) is 0 Å². The number of fused-ring (bicyclic) bond motifs is 1. The van der Waals surface area contributed by atoms with Crippen LogP contribution < -0.4 is 0 Å². The van der Waals surface area contributed by atoms with E-state index in [1.807, 2.05) is 6.08 Å². The molecule has 70 valence electrons. The predicted molar refractivity (Wildman–Crippen MR) is 57.6 cm³/mol. The second-order valence-electron chi connectivity index (χ2n) is 4.67. The zero-order chi connectivity index (χ0) is 9.47. The molecule has 0 N–H and O–H groups in total. The summed E-state index contributed by atoms with van der Waals surface area (Å²) in [6.07, 6.45) is 9.70. The van der Waals surface area contributed by atoms with Gasteiger partial charge in [-0.1, -0.05) is 31.2 Å². The fourth-order valence-electron chi connectivity index (χ4n) is 2.73. The molecule has 1 atom stereocenters. The summed E-state index contributed by atoms with van der Waals surface area (Å²) in [4.78, 5) is 0. The van der Waals surface area contributed by atoms with Crippen molar-refractivity contribution >= 4 is 0 Å². The quantitative estimate of drug-likeness (QED) is 0.563. The molecule has 1 fully saturated rings. The Balaban J connectivity index is 2.40. The fourth-order valence-corrected chi connectivity index (χ4v) is 2.73. The average molecular weight is 174 g/mol. The van der Waals surface area contributed by atoms with Crippen LogP contribution in [0.4, 0.5) is 0 Å². The summed E-state index contributed by atoms with van der Waals surface area (Å²) in [5.74, 6) is 0. The predicted octanol–water partition coefficient (Wildman–Crippen LogP) is 4.01. The molecular formula is C13H18. The highest BCUT2D eigenvalue weighted by Gasteiger charge is 2.36. The lowest BCUT2D eigenvalue weighted by atomic mass is 9.74. The monoisotopic (exact) mass is 174 g/mol. The van der Waals surface area contributed by atoms with E-state index in [1.54, 1.807) is 5.57 Å². The van der Waals surface area contributed by atoms with Gasteiger partial charge in [-0.05, 0) is 49.2 Å². The standard InChI is InChI=1S/C13H18/c1-4-11-9-13(3)7-5-6-12(13)8-10(11)2/h4,8H,1,5-7,9H2,2-3H3. The summed E-state index contributed by atoms with van der Waals surface area (Å²) in [6, 6.07) is 0. The molecule has 0 radical (unpaired) electrons. The molecular weight excluding hydrogens is 156 g/mol. The minimum atomic E-state index is 0.475. The molecule has 0 nitrogen and oxygen atoms in total. The normalized spacial score (nSPS) is 32.9. The van der Waals surface area contributed by atoms with Crippen molar-refractivity contribution in [1.29, 1.82) is 0 Å². The highest BCUT2D eigenvalue weighted by molar-refractivity contribution is 5.42. The van der Waals surface area contributed by atoms with Gasteiger partial charge < -0.3 is 0 Å². The van der Waals surface area contributed by atoms with E-state index in [9.17, 15) is 0 Å². The van der Waals surface area contributed by atoms with Crippen LogP contribution in [0, 0.1) is 5.41 Å². The Morgan fingerprint density at radius 3 is 3.00 bits per heavy atom. The van der Waals surface area contributed by atoms with E-state index in [0.717, 1.165) is 0 Å². The van der Waals surface area contributed by atoms with Crippen molar-refractivity contribution in [2.24, 2.45) is 5.41 Å². The van der Waals surface area contributed by atoms with Gasteiger partial charge in [0.25, 0.3) is 0 Å². The maximum Gasteiger partial charge on any atom is -0.00726 e. The maximum absolute atomic E-state index is 3.89. The van der Waals surface area contributed by atoms with Crippen molar-refractivity contribution in [3.05, 3.63) is 35.5 Å². The van der Waals surface area contributed by atoms with Crippen LogP contribution in [0.1, 0.15) is 39.5 Å². The minimum Gasteiger partial charge on any atom is -0.0988 e. The van der Waals surface area contributed by atoms with Crippen LogP contribution in [0.2, 0.25) is 0 Å². The smallest absolute Gasteiger partial charge is 0.00726 e. The highest BCUT2D eigenvalue weighted by Crippen LogP contribution is 2.50. The van der Waals surface area contributed by atoms with Crippen LogP contribution in [0.15, 0.2) is 35.5 Å². The van der Waals surface area contributed by atoms with E-state index in [2.05, 4.69) is 26.5 Å². The first-order chi connectivity index (χ1) is 6.15. The first-order valence-electron chi connectivity index (χ1n) is 5.19. The molecule has 0 heterocycles. The highest BCUT2D eigenvalue weighted by atomic mass is 14.4. The van der Waals surface area contributed by atoms with E-state index in [0.29, 0.717) is 5.41 Å². The summed E-state index contributed by atoms with van der Waals surface area (Å²) in [5, 5.41) is 0. The number of rotatable bonds is 1. The third-order valence-corrected chi connectivity index (χ3v) is 3.67. The van der Waals surface area contributed by atoms with Gasteiger partial charge in [-0.2, -0.15) is 0 Å². The number of hydrogen-bond donors (Lipinski definition) is 0. The summed E-state index contributed by atoms with van der Waals surface area (Å²) in [7, 11) is 0. The molecule has 0 aliphatic heterocycles. The van der Waals surface area contributed by atoms with E-state index in [4.69, 9.17) is 0 Å². The molecule has 1 unspecified atom stereocenters. The molecule has 0 heteroatoms. The van der Waals surface area contributed by atoms with Crippen molar-refractivity contribution in [1.82, 2.24) is 0 Å². The second kappa shape index (κ2) is 2.87. The second-order valence-corrected chi connectivity index (χ2v) is 4.67. The van der Waals surface area contributed by atoms with Gasteiger partial charge in [0.2, 0.25) is 0 Å². The Morgan fingerprint density at radius 2 is 2.31 bits per heavy atom. The molecule has 0 aromatic rings. The van der Waals surface area contributed by atoms with Crippen molar-refractivity contribution < 1.29 is 0 Å². The SMILES string of the molecule is C=CC1=C(C)C=C2CCCC2(C)C1. The van der Waals surface area contributed by atoms with Gasteiger partial charge in [0, 0.05) is 0 Å². The van der Waals surface area contributed by atoms with Gasteiger partial charge in [0.1, 0.15) is 0 Å². The summed E-state index contributed by atoms with van der Waals surface area (Å²) in [6.45, 7) is 8.51. The van der Waals surface area contributed by atoms with Crippen molar-refractivity contribution in [2.75, 3.05) is 0 Å². The first-order valence-corrected chi connectivity index (χ1v) is 5.19. The first kappa shape index (κ1) is 8.80. The van der Waals surface area contributed by atoms with Gasteiger partial charge in [-0.3, -0.25) is 0 Å². The Morgan fingerprint density at radius 1 is 1.54 bits per heavy atom. The zero-order valence-electron chi connectivity index (χ0n) is 8.69. The van der Waals surface area contributed by atoms with Crippen LogP contribution in [-0.4, -0.2) is 0 Å². The summed E-state index contributed by atoms with van der Waals surface area (Å²) < 4.78 is 0. The molecule has 0 saturated heterocycles. The lowest BCUT2D eigenvalue weighted by Gasteiger charge is -2.31. The molecule has 0 aromatic carbocycles. The van der Waals surface area contributed by atoms with E-state index in [1.165, 1.54) is 36.8 Å². The fraction of sp³-hybridized carbons (Fsp3) is 0.538. The number of allylic oxidation sites excluding steroid dienone is 5. The largest absolute Gasteiger partial charge is 0.0988 e. The molecule has 13 heavy (non-hydrogen) atoms. The van der Waals surface area contributed by atoms with E-state index in [-0.39, 0.29) is 0 Å². The molecule has 0 amide bonds. The molecule has 0 spiro atoms. The van der Waals surface area contributed by atoms with Crippen molar-refractivity contribution in [3.8, 4) is 0 Å². The van der Waals surface area contributed by atoms with Gasteiger partial charge in [0.05, 0.1) is 0 Å². The number of hydrogen-bond acceptors (Lipinski definition) is 0. The summed E-state index contributed by atoms with van der Waals surface area (Å²) >= 11 is 0. The van der Waals surface area contributed by atoms with E-state index >= 15 is 0 Å². The molecule has 2 rings (SSSR count). The van der Waals surface area contributed by atoms with Gasteiger partial charge in [-0.15, -0.1) is 0 Å². The molecule has 1 saturated carbocycles. The zero-order valence-corrected chi connectivity index (χ0v) is 8.69. The Hall–Kier alpha value is -0.780. The van der Waals surface area contributed by atoms with Crippen LogP contribution in [0.3, 0.4) is 0 Å². The Bertz CT molecular complexity index is 304. The topological polar surface area (TPSA) is 0 Å². The third kappa shape index (κ3) is 1.29. The van der Waals surface area contributed by atoms with Crippen molar-refractivity contribution in [2.45, 2.75) is 39.5 Å². The maximum atomic E-state index is 3.89. The van der Waals surface area contributed by atoms with Crippen molar-refractivity contribution in [3.63, 3.8) is 0 Å². The lowest BCUT2D eigenvalue weighted by Crippen LogP contribution is -2.18. The van der Waals surface area contributed by atoms with Crippen LogP contribution in [-0.2, 0) is 0 Å². The van der Waals surface area contributed by atoms with E-state index < -0.39 is 0 Å². The minimum absolute atomic E-state index is 0.475. The molecule has 0 bridgehead atoms. The summed E-state index contributed by atoms with van der Waals surface area (Å²) in [5.41, 5.74) is 5.04. The van der Waals surface area contributed by atoms with Crippen LogP contribution >= 0.6 is 0 Å². The average Bonchev–Trinajstić information content (AvgIpc) is 2.45. The van der Waals surface area contributed by atoms with Gasteiger partial charge >= 0.3 is 0 Å². The molecule has 0 aromatic heterocycles. The Labute approximate surface area is 81.0 Å². The van der Waals surface area contributed by atoms with Crippen LogP contribution in [0.25, 0.3) is 0 Å². The third-order valence-electron chi connectivity index (χ3n) is 3.67. The van der Waals surface area contributed by atoms with Gasteiger partial charge in [-0.25, -0.2) is 0 Å².